The minimum absolute atomic E-state index is 0.108. The van der Waals surface area contributed by atoms with Crippen LogP contribution in [0.3, 0.4) is 0 Å². The number of nitrogens with one attached hydrogen (secondary N) is 1. The predicted molar refractivity (Wildman–Crippen MR) is 147 cm³/mol. The van der Waals surface area contributed by atoms with E-state index in [4.69, 9.17) is 23.7 Å². The van der Waals surface area contributed by atoms with Crippen LogP contribution in [-0.4, -0.2) is 76.6 Å². The molecule has 0 atom stereocenters. The fraction of sp³-hybridized carbons (Fsp3) is 0.393. The molecule has 0 radical (unpaired) electrons. The van der Waals surface area contributed by atoms with Gasteiger partial charge in [0, 0.05) is 30.1 Å². The normalized spacial score (nSPS) is 12.5. The lowest BCUT2D eigenvalue weighted by molar-refractivity contribution is -0.144. The zero-order valence-electron chi connectivity index (χ0n) is 23.2. The summed E-state index contributed by atoms with van der Waals surface area (Å²) in [6.45, 7) is 3.98. The van der Waals surface area contributed by atoms with Gasteiger partial charge in [-0.25, -0.2) is 4.68 Å². The average molecular weight is 565 g/mol. The Morgan fingerprint density at radius 3 is 2.59 bits per heavy atom. The maximum absolute atomic E-state index is 13.2. The van der Waals surface area contributed by atoms with Crippen LogP contribution in [0.2, 0.25) is 0 Å². The van der Waals surface area contributed by atoms with Gasteiger partial charge in [0.25, 0.3) is 5.56 Å². The first-order valence-electron chi connectivity index (χ1n) is 13.3. The van der Waals surface area contributed by atoms with Crippen LogP contribution in [0.5, 0.6) is 23.0 Å². The monoisotopic (exact) mass is 564 g/mol. The Kier molecular flexibility index (Phi) is 8.63. The van der Waals surface area contributed by atoms with Gasteiger partial charge in [0.05, 0.1) is 32.9 Å². The molecule has 3 heterocycles. The first-order valence-corrected chi connectivity index (χ1v) is 13.3. The first kappa shape index (κ1) is 27.9. The third-order valence-electron chi connectivity index (χ3n) is 6.70. The second-order valence-electron chi connectivity index (χ2n) is 9.41. The maximum atomic E-state index is 13.2. The number of rotatable bonds is 12. The molecule has 0 aliphatic carbocycles. The van der Waals surface area contributed by atoms with Crippen molar-refractivity contribution < 1.29 is 28.5 Å². The number of methoxy groups -OCH3 is 2. The van der Waals surface area contributed by atoms with Crippen molar-refractivity contribution in [1.29, 1.82) is 0 Å². The number of H-pyrrole nitrogens is 1. The summed E-state index contributed by atoms with van der Waals surface area (Å²) in [6, 6.07) is 11.3. The molecule has 4 aromatic rings. The molecule has 216 valence electrons. The minimum atomic E-state index is -0.432. The van der Waals surface area contributed by atoms with Gasteiger partial charge in [-0.3, -0.25) is 14.5 Å². The van der Waals surface area contributed by atoms with Gasteiger partial charge in [0.1, 0.15) is 19.8 Å². The summed E-state index contributed by atoms with van der Waals surface area (Å²) in [6.07, 6.45) is 0.643. The van der Waals surface area contributed by atoms with Gasteiger partial charge in [0.15, 0.2) is 28.8 Å². The lowest BCUT2D eigenvalue weighted by Gasteiger charge is -2.22. The van der Waals surface area contributed by atoms with E-state index in [1.54, 1.807) is 27.2 Å². The van der Waals surface area contributed by atoms with Gasteiger partial charge < -0.3 is 28.7 Å². The average Bonchev–Trinajstić information content (AvgIpc) is 3.41. The Labute approximate surface area is 235 Å². The second kappa shape index (κ2) is 12.7. The zero-order chi connectivity index (χ0) is 28.8. The highest BCUT2D eigenvalue weighted by molar-refractivity contribution is 5.83. The SMILES string of the molecule is CCOC(=O)Cn1nnnc1CN(CCc1ccc(OC)c(OC)c1)Cc1cc2cc3c(cc2[nH]c1=O)OCCO3. The Balaban J connectivity index is 1.41. The van der Waals surface area contributed by atoms with Crippen molar-refractivity contribution in [2.75, 3.05) is 40.6 Å². The summed E-state index contributed by atoms with van der Waals surface area (Å²) in [5.74, 6) is 2.57. The standard InChI is InChI=1S/C28H32N6O7/c1-4-39-27(35)17-34-26(30-31-32-34)16-33(8-7-18-5-6-22(37-2)23(11-18)38-3)15-20-12-19-13-24-25(41-10-9-40-24)14-21(19)29-28(20)36/h5-6,11-14H,4,7-10,15-17H2,1-3H3,(H,29,36). The Morgan fingerprint density at radius 2 is 1.83 bits per heavy atom. The van der Waals surface area contributed by atoms with E-state index < -0.39 is 5.97 Å². The number of carbonyl (C=O) groups excluding carboxylic acids is 1. The van der Waals surface area contributed by atoms with Crippen LogP contribution in [0.15, 0.2) is 41.2 Å². The second-order valence-corrected chi connectivity index (χ2v) is 9.41. The maximum Gasteiger partial charge on any atom is 0.327 e. The van der Waals surface area contributed by atoms with Crippen molar-refractivity contribution >= 4 is 16.9 Å². The highest BCUT2D eigenvalue weighted by Crippen LogP contribution is 2.34. The van der Waals surface area contributed by atoms with E-state index in [1.807, 2.05) is 30.3 Å². The number of ether oxygens (including phenoxy) is 5. The molecule has 0 spiro atoms. The van der Waals surface area contributed by atoms with E-state index in [0.29, 0.717) is 72.6 Å². The molecule has 41 heavy (non-hydrogen) atoms. The van der Waals surface area contributed by atoms with E-state index in [0.717, 1.165) is 10.9 Å². The third-order valence-corrected chi connectivity index (χ3v) is 6.70. The molecule has 5 rings (SSSR count). The number of benzene rings is 2. The Hall–Kier alpha value is -4.65. The van der Waals surface area contributed by atoms with Gasteiger partial charge in [-0.15, -0.1) is 5.10 Å². The fourth-order valence-corrected chi connectivity index (χ4v) is 4.67. The van der Waals surface area contributed by atoms with Crippen molar-refractivity contribution in [2.24, 2.45) is 0 Å². The highest BCUT2D eigenvalue weighted by atomic mass is 16.6. The van der Waals surface area contributed by atoms with Crippen molar-refractivity contribution in [3.05, 3.63) is 63.7 Å². The van der Waals surface area contributed by atoms with E-state index in [1.165, 1.54) is 4.68 Å². The smallest absolute Gasteiger partial charge is 0.327 e. The van der Waals surface area contributed by atoms with Gasteiger partial charge in [-0.2, -0.15) is 0 Å². The molecule has 1 aliphatic rings. The summed E-state index contributed by atoms with van der Waals surface area (Å²) >= 11 is 0. The predicted octanol–water partition coefficient (Wildman–Crippen LogP) is 2.11. The largest absolute Gasteiger partial charge is 0.493 e. The molecule has 13 nitrogen and oxygen atoms in total. The van der Waals surface area contributed by atoms with E-state index in [9.17, 15) is 9.59 Å². The molecular formula is C28H32N6O7. The molecule has 1 aliphatic heterocycles. The summed E-state index contributed by atoms with van der Waals surface area (Å²) < 4.78 is 28.7. The zero-order valence-corrected chi connectivity index (χ0v) is 23.2. The van der Waals surface area contributed by atoms with Crippen LogP contribution in [0.25, 0.3) is 10.9 Å². The fourth-order valence-electron chi connectivity index (χ4n) is 4.67. The molecule has 0 amide bonds. The van der Waals surface area contributed by atoms with E-state index in [2.05, 4.69) is 25.4 Å². The first-order chi connectivity index (χ1) is 20.0. The van der Waals surface area contributed by atoms with Gasteiger partial charge in [0.2, 0.25) is 0 Å². The van der Waals surface area contributed by atoms with Crippen LogP contribution >= 0.6 is 0 Å². The third kappa shape index (κ3) is 6.57. The van der Waals surface area contributed by atoms with Crippen molar-refractivity contribution in [3.63, 3.8) is 0 Å². The highest BCUT2D eigenvalue weighted by Gasteiger charge is 2.19. The lowest BCUT2D eigenvalue weighted by Crippen LogP contribution is -2.30. The lowest BCUT2D eigenvalue weighted by atomic mass is 10.1. The summed E-state index contributed by atoms with van der Waals surface area (Å²) in [7, 11) is 3.19. The van der Waals surface area contributed by atoms with Crippen molar-refractivity contribution in [2.45, 2.75) is 33.0 Å². The molecular weight excluding hydrogens is 532 g/mol. The number of fused-ring (bicyclic) bond motifs is 2. The van der Waals surface area contributed by atoms with Crippen molar-refractivity contribution in [1.82, 2.24) is 30.1 Å². The number of tetrazole rings is 1. The Bertz CT molecular complexity index is 1580. The van der Waals surface area contributed by atoms with Crippen molar-refractivity contribution in [3.8, 4) is 23.0 Å². The van der Waals surface area contributed by atoms with Gasteiger partial charge in [-0.1, -0.05) is 6.07 Å². The molecule has 1 N–H and O–H groups in total. The van der Waals surface area contributed by atoms with Gasteiger partial charge in [-0.05, 0) is 53.6 Å². The summed E-state index contributed by atoms with van der Waals surface area (Å²) in [4.78, 5) is 30.3. The molecule has 0 saturated heterocycles. The molecule has 0 bridgehead atoms. The van der Waals surface area contributed by atoms with E-state index >= 15 is 0 Å². The van der Waals surface area contributed by atoms with Crippen LogP contribution in [0, 0.1) is 0 Å². The quantitative estimate of drug-likeness (QED) is 0.253. The van der Waals surface area contributed by atoms with Crippen LogP contribution in [0.1, 0.15) is 23.9 Å². The summed E-state index contributed by atoms with van der Waals surface area (Å²) in [5.41, 5.74) is 2.04. The number of esters is 1. The Morgan fingerprint density at radius 1 is 1.05 bits per heavy atom. The van der Waals surface area contributed by atoms with E-state index in [-0.39, 0.29) is 25.3 Å². The molecule has 0 fully saturated rings. The number of hydrogen-bond acceptors (Lipinski definition) is 11. The van der Waals surface area contributed by atoms with Crippen LogP contribution < -0.4 is 24.5 Å². The van der Waals surface area contributed by atoms with Gasteiger partial charge >= 0.3 is 5.97 Å². The number of hydrogen-bond donors (Lipinski definition) is 1. The molecule has 13 heteroatoms. The molecule has 0 unspecified atom stereocenters. The van der Waals surface area contributed by atoms with Crippen LogP contribution in [0.4, 0.5) is 0 Å². The number of nitrogens with zero attached hydrogens (tertiary/aromatic N) is 5. The molecule has 2 aromatic heterocycles. The van der Waals surface area contributed by atoms with Crippen LogP contribution in [-0.2, 0) is 35.6 Å². The topological polar surface area (TPSA) is 143 Å². The molecule has 2 aromatic carbocycles. The number of carbonyl (C=O) groups is 1. The number of aromatic amines is 1. The number of aromatic nitrogens is 5. The number of pyridine rings is 1. The summed E-state index contributed by atoms with van der Waals surface area (Å²) in [5, 5.41) is 12.7. The minimum Gasteiger partial charge on any atom is -0.493 e. The molecule has 0 saturated carbocycles.